The molecule has 3 N–H and O–H groups in total. The third kappa shape index (κ3) is 2.44. The highest BCUT2D eigenvalue weighted by Gasteiger charge is 2.51. The van der Waals surface area contributed by atoms with Crippen molar-refractivity contribution in [2.75, 3.05) is 7.11 Å². The maximum Gasteiger partial charge on any atom is 0.335 e. The molecule has 140 valence electrons. The number of rotatable bonds is 5. The van der Waals surface area contributed by atoms with Crippen LogP contribution in [0.15, 0.2) is 72.8 Å². The zero-order chi connectivity index (χ0) is 19.9. The Morgan fingerprint density at radius 2 is 1.39 bits per heavy atom. The molecule has 1 aliphatic carbocycles. The van der Waals surface area contributed by atoms with E-state index in [4.69, 9.17) is 10.5 Å². The van der Waals surface area contributed by atoms with Crippen molar-refractivity contribution in [2.24, 2.45) is 5.73 Å². The summed E-state index contributed by atoms with van der Waals surface area (Å²) in [5, 5.41) is 9.19. The van der Waals surface area contributed by atoms with Gasteiger partial charge in [0, 0.05) is 7.11 Å². The number of carboxylic acids is 1. The first kappa shape index (κ1) is 17.9. The smallest absolute Gasteiger partial charge is 0.335 e. The first-order valence-corrected chi connectivity index (χ1v) is 8.87. The van der Waals surface area contributed by atoms with Crippen molar-refractivity contribution in [2.45, 2.75) is 11.5 Å². The molecule has 1 unspecified atom stereocenters. The van der Waals surface area contributed by atoms with Crippen LogP contribution in [0.3, 0.4) is 0 Å². The molecule has 1 amide bonds. The first-order valence-electron chi connectivity index (χ1n) is 8.87. The second-order valence-electron chi connectivity index (χ2n) is 6.79. The third-order valence-corrected chi connectivity index (χ3v) is 5.49. The standard InChI is InChI=1S/C23H19NO4/c1-28-23(22(24)27,15-12-10-14(11-13-15)21(25)26)20-18-8-4-2-6-16(18)17-7-3-5-9-19(17)20/h2-13,20H,1H3,(H2,24,27)(H,25,26). The normalized spacial score (nSPS) is 14.8. The van der Waals surface area contributed by atoms with Crippen molar-refractivity contribution >= 4 is 11.9 Å². The molecule has 3 aromatic rings. The highest BCUT2D eigenvalue weighted by molar-refractivity contribution is 5.92. The summed E-state index contributed by atoms with van der Waals surface area (Å²) in [6, 6.07) is 21.9. The maximum atomic E-state index is 12.9. The number of methoxy groups -OCH3 is 1. The average Bonchev–Trinajstić information content (AvgIpc) is 3.04. The van der Waals surface area contributed by atoms with Crippen molar-refractivity contribution < 1.29 is 19.4 Å². The largest absolute Gasteiger partial charge is 0.478 e. The maximum absolute atomic E-state index is 12.9. The van der Waals surface area contributed by atoms with Crippen molar-refractivity contribution in [3.63, 3.8) is 0 Å². The van der Waals surface area contributed by atoms with Crippen molar-refractivity contribution in [3.05, 3.63) is 95.1 Å². The van der Waals surface area contributed by atoms with Crippen LogP contribution >= 0.6 is 0 Å². The highest BCUT2D eigenvalue weighted by atomic mass is 16.5. The molecule has 0 bridgehead atoms. The summed E-state index contributed by atoms with van der Waals surface area (Å²) in [5.74, 6) is -2.11. The van der Waals surface area contributed by atoms with Gasteiger partial charge in [-0.25, -0.2) is 4.79 Å². The van der Waals surface area contributed by atoms with Crippen LogP contribution in [0.4, 0.5) is 0 Å². The summed E-state index contributed by atoms with van der Waals surface area (Å²) < 4.78 is 5.86. The number of carbonyl (C=O) groups is 2. The molecule has 0 saturated carbocycles. The lowest BCUT2D eigenvalue weighted by molar-refractivity contribution is -0.143. The van der Waals surface area contributed by atoms with Gasteiger partial charge in [0.2, 0.25) is 0 Å². The fraction of sp³-hybridized carbons (Fsp3) is 0.130. The molecule has 0 radical (unpaired) electrons. The van der Waals surface area contributed by atoms with E-state index in [1.807, 2.05) is 48.5 Å². The number of benzene rings is 3. The van der Waals surface area contributed by atoms with E-state index >= 15 is 0 Å². The molecule has 0 spiro atoms. The Bertz CT molecular complexity index is 1030. The Labute approximate surface area is 162 Å². The van der Waals surface area contributed by atoms with Gasteiger partial charge in [-0.05, 0) is 39.9 Å². The van der Waals surface area contributed by atoms with E-state index in [9.17, 15) is 14.7 Å². The summed E-state index contributed by atoms with van der Waals surface area (Å²) in [7, 11) is 1.46. The molecular weight excluding hydrogens is 354 g/mol. The Morgan fingerprint density at radius 3 is 1.82 bits per heavy atom. The van der Waals surface area contributed by atoms with Crippen molar-refractivity contribution in [3.8, 4) is 11.1 Å². The molecule has 0 heterocycles. The van der Waals surface area contributed by atoms with Crippen LogP contribution < -0.4 is 5.73 Å². The van der Waals surface area contributed by atoms with E-state index in [2.05, 4.69) is 0 Å². The van der Waals surface area contributed by atoms with Crippen LogP contribution in [0.25, 0.3) is 11.1 Å². The number of amides is 1. The van der Waals surface area contributed by atoms with E-state index in [-0.39, 0.29) is 5.56 Å². The highest BCUT2D eigenvalue weighted by Crippen LogP contribution is 2.53. The number of carbonyl (C=O) groups excluding carboxylic acids is 1. The van der Waals surface area contributed by atoms with Gasteiger partial charge in [-0.1, -0.05) is 60.7 Å². The van der Waals surface area contributed by atoms with Crippen molar-refractivity contribution in [1.29, 1.82) is 0 Å². The predicted molar refractivity (Wildman–Crippen MR) is 105 cm³/mol. The quantitative estimate of drug-likeness (QED) is 0.716. The molecule has 0 saturated heterocycles. The fourth-order valence-electron chi connectivity index (χ4n) is 4.24. The number of hydrogen-bond acceptors (Lipinski definition) is 3. The van der Waals surface area contributed by atoms with Gasteiger partial charge in [0.1, 0.15) is 0 Å². The topological polar surface area (TPSA) is 89.6 Å². The predicted octanol–water partition coefficient (Wildman–Crippen LogP) is 3.52. The molecule has 5 heteroatoms. The Hall–Kier alpha value is -3.44. The molecule has 0 fully saturated rings. The SMILES string of the molecule is COC(C(N)=O)(c1ccc(C(=O)O)cc1)C1c2ccccc2-c2ccccc21. The number of nitrogens with two attached hydrogens (primary N) is 1. The van der Waals surface area contributed by atoms with Gasteiger partial charge in [0.25, 0.3) is 5.91 Å². The van der Waals surface area contributed by atoms with Crippen molar-refractivity contribution in [1.82, 2.24) is 0 Å². The van der Waals surface area contributed by atoms with Crippen LogP contribution in [0, 0.1) is 0 Å². The molecule has 0 aromatic heterocycles. The summed E-state index contributed by atoms with van der Waals surface area (Å²) in [4.78, 5) is 24.1. The lowest BCUT2D eigenvalue weighted by Crippen LogP contribution is -2.47. The zero-order valence-corrected chi connectivity index (χ0v) is 15.3. The lowest BCUT2D eigenvalue weighted by atomic mass is 9.75. The Morgan fingerprint density at radius 1 is 0.893 bits per heavy atom. The van der Waals surface area contributed by atoms with E-state index in [0.717, 1.165) is 22.3 Å². The minimum Gasteiger partial charge on any atom is -0.478 e. The monoisotopic (exact) mass is 373 g/mol. The van der Waals surface area contributed by atoms with Gasteiger partial charge in [-0.3, -0.25) is 4.79 Å². The lowest BCUT2D eigenvalue weighted by Gasteiger charge is -2.36. The minimum atomic E-state index is -1.47. The van der Waals surface area contributed by atoms with Gasteiger partial charge >= 0.3 is 5.97 Å². The summed E-state index contributed by atoms with van der Waals surface area (Å²) >= 11 is 0. The van der Waals surface area contributed by atoms with Gasteiger partial charge < -0.3 is 15.6 Å². The van der Waals surface area contributed by atoms with Gasteiger partial charge in [0.05, 0.1) is 11.5 Å². The van der Waals surface area contributed by atoms with E-state index in [1.165, 1.54) is 19.2 Å². The van der Waals surface area contributed by atoms with Crippen LogP contribution in [0.1, 0.15) is 33.0 Å². The molecular formula is C23H19NO4. The van der Waals surface area contributed by atoms with Crippen LogP contribution in [0.2, 0.25) is 0 Å². The minimum absolute atomic E-state index is 0.130. The molecule has 1 aliphatic rings. The number of fused-ring (bicyclic) bond motifs is 3. The zero-order valence-electron chi connectivity index (χ0n) is 15.3. The van der Waals surface area contributed by atoms with Gasteiger partial charge in [-0.2, -0.15) is 0 Å². The molecule has 1 atom stereocenters. The second-order valence-corrected chi connectivity index (χ2v) is 6.79. The average molecular weight is 373 g/mol. The third-order valence-electron chi connectivity index (χ3n) is 5.49. The second kappa shape index (κ2) is 6.62. The van der Waals surface area contributed by atoms with E-state index in [1.54, 1.807) is 12.1 Å². The first-order chi connectivity index (χ1) is 13.5. The number of ether oxygens (including phenoxy) is 1. The number of hydrogen-bond donors (Lipinski definition) is 2. The molecule has 3 aromatic carbocycles. The molecule has 28 heavy (non-hydrogen) atoms. The number of carboxylic acid groups (broad SMARTS) is 1. The molecule has 5 nitrogen and oxygen atoms in total. The number of aromatic carboxylic acids is 1. The van der Waals surface area contributed by atoms with Crippen LogP contribution in [-0.2, 0) is 15.1 Å². The van der Waals surface area contributed by atoms with E-state index < -0.39 is 23.4 Å². The summed E-state index contributed by atoms with van der Waals surface area (Å²) in [6.07, 6.45) is 0. The van der Waals surface area contributed by atoms with Crippen LogP contribution in [0.5, 0.6) is 0 Å². The van der Waals surface area contributed by atoms with Gasteiger partial charge in [-0.15, -0.1) is 0 Å². The molecule has 0 aliphatic heterocycles. The fourth-order valence-corrected chi connectivity index (χ4v) is 4.24. The Balaban J connectivity index is 1.99. The van der Waals surface area contributed by atoms with Crippen LogP contribution in [-0.4, -0.2) is 24.1 Å². The van der Waals surface area contributed by atoms with Gasteiger partial charge in [0.15, 0.2) is 5.60 Å². The Kier molecular flexibility index (Phi) is 4.24. The van der Waals surface area contributed by atoms with E-state index in [0.29, 0.717) is 5.56 Å². The summed E-state index contributed by atoms with van der Waals surface area (Å²) in [6.45, 7) is 0. The number of primary amides is 1. The summed E-state index contributed by atoms with van der Waals surface area (Å²) in [5.41, 5.74) is 9.07. The molecule has 4 rings (SSSR count).